The van der Waals surface area contributed by atoms with E-state index in [0.29, 0.717) is 72.1 Å². The molecule has 0 aliphatic carbocycles. The van der Waals surface area contributed by atoms with Crippen LogP contribution in [0.15, 0.2) is 48.7 Å². The highest BCUT2D eigenvalue weighted by atomic mass is 16.5. The molecule has 0 aliphatic rings. The van der Waals surface area contributed by atoms with Crippen molar-refractivity contribution >= 4 is 0 Å². The number of hydrogen-bond acceptors (Lipinski definition) is 8. The quantitative estimate of drug-likeness (QED) is 0.0765. The number of phenols is 1. The molecule has 0 bridgehead atoms. The van der Waals surface area contributed by atoms with Gasteiger partial charge >= 0.3 is 0 Å². The summed E-state index contributed by atoms with van der Waals surface area (Å²) >= 11 is 0. The average molecular weight is 714 g/mol. The normalized spacial score (nSPS) is 13.1. The van der Waals surface area contributed by atoms with E-state index >= 15 is 0 Å². The van der Waals surface area contributed by atoms with Crippen molar-refractivity contribution in [1.82, 2.24) is 24.7 Å². The Bertz CT molecular complexity index is 1640. The number of aromatic nitrogens is 5. The van der Waals surface area contributed by atoms with Crippen molar-refractivity contribution in [2.24, 2.45) is 24.8 Å². The van der Waals surface area contributed by atoms with Crippen molar-refractivity contribution in [1.29, 1.82) is 0 Å². The van der Waals surface area contributed by atoms with Crippen molar-refractivity contribution in [3.05, 3.63) is 48.7 Å². The minimum absolute atomic E-state index is 0.0442. The van der Waals surface area contributed by atoms with Gasteiger partial charge in [0.1, 0.15) is 28.7 Å². The van der Waals surface area contributed by atoms with Crippen LogP contribution in [-0.2, 0) is 7.05 Å². The van der Waals surface area contributed by atoms with Gasteiger partial charge in [0, 0.05) is 25.4 Å². The van der Waals surface area contributed by atoms with Crippen molar-refractivity contribution in [2.45, 2.75) is 119 Å². The van der Waals surface area contributed by atoms with E-state index in [0.717, 1.165) is 62.0 Å². The summed E-state index contributed by atoms with van der Waals surface area (Å²) in [5.74, 6) is 4.77. The number of phenolic OH excluding ortho intramolecular Hbond substituents is 1. The number of rotatable bonds is 24. The van der Waals surface area contributed by atoms with Crippen LogP contribution in [0.1, 0.15) is 119 Å². The summed E-state index contributed by atoms with van der Waals surface area (Å²) in [6, 6.07) is 13.2. The molecule has 2 heterocycles. The first-order chi connectivity index (χ1) is 25.3. The van der Waals surface area contributed by atoms with Gasteiger partial charge in [0.2, 0.25) is 0 Å². The van der Waals surface area contributed by atoms with Gasteiger partial charge in [-0.3, -0.25) is 4.68 Å². The van der Waals surface area contributed by atoms with Gasteiger partial charge in [-0.2, -0.15) is 5.10 Å². The van der Waals surface area contributed by atoms with E-state index in [1.54, 1.807) is 16.9 Å². The predicted molar refractivity (Wildman–Crippen MR) is 211 cm³/mol. The zero-order valence-electron chi connectivity index (χ0n) is 32.9. The van der Waals surface area contributed by atoms with Gasteiger partial charge in [-0.05, 0) is 67.3 Å². The van der Waals surface area contributed by atoms with E-state index in [9.17, 15) is 5.11 Å². The van der Waals surface area contributed by atoms with Gasteiger partial charge in [-0.1, -0.05) is 99.3 Å². The highest BCUT2D eigenvalue weighted by molar-refractivity contribution is 5.72. The fourth-order valence-electron chi connectivity index (χ4n) is 6.34. The van der Waals surface area contributed by atoms with Crippen molar-refractivity contribution < 1.29 is 19.3 Å². The van der Waals surface area contributed by atoms with Crippen molar-refractivity contribution in [2.75, 3.05) is 19.8 Å². The second kappa shape index (κ2) is 21.4. The molecule has 9 nitrogen and oxygen atoms in total. The van der Waals surface area contributed by atoms with Gasteiger partial charge in [0.05, 0.1) is 30.9 Å². The molecule has 4 aromatic rings. The van der Waals surface area contributed by atoms with E-state index in [-0.39, 0.29) is 5.75 Å². The third-order valence-corrected chi connectivity index (χ3v) is 10.2. The number of aryl methyl sites for hydroxylation is 1. The molecule has 0 amide bonds. The molecule has 0 saturated carbocycles. The van der Waals surface area contributed by atoms with Crippen LogP contribution in [0.2, 0.25) is 0 Å². The van der Waals surface area contributed by atoms with E-state index in [4.69, 9.17) is 29.2 Å². The summed E-state index contributed by atoms with van der Waals surface area (Å²) in [6.07, 6.45) is 15.4. The van der Waals surface area contributed by atoms with Crippen LogP contribution in [0, 0.1) is 17.8 Å². The van der Waals surface area contributed by atoms with Gasteiger partial charge in [0.15, 0.2) is 17.5 Å². The van der Waals surface area contributed by atoms with E-state index < -0.39 is 0 Å². The average Bonchev–Trinajstić information content (AvgIpc) is 3.60. The smallest absolute Gasteiger partial charge is 0.182 e. The number of aromatic hydroxyl groups is 1. The van der Waals surface area contributed by atoms with Gasteiger partial charge in [0.25, 0.3) is 0 Å². The molecule has 2 aromatic heterocycles. The molecule has 9 heteroatoms. The molecule has 4 rings (SSSR count). The molecule has 3 atom stereocenters. The lowest BCUT2D eigenvalue weighted by Crippen LogP contribution is -2.13. The van der Waals surface area contributed by atoms with Crippen LogP contribution in [0.4, 0.5) is 0 Å². The monoisotopic (exact) mass is 713 g/mol. The topological polar surface area (TPSA) is 104 Å². The number of hydrogen-bond donors (Lipinski definition) is 1. The zero-order valence-corrected chi connectivity index (χ0v) is 32.9. The Kier molecular flexibility index (Phi) is 16.7. The molecule has 2 aromatic carbocycles. The number of ether oxygens (including phenoxy) is 3. The fraction of sp³-hybridized carbons (Fsp3) is 0.581. The van der Waals surface area contributed by atoms with Crippen LogP contribution < -0.4 is 14.2 Å². The summed E-state index contributed by atoms with van der Waals surface area (Å²) in [4.78, 5) is 14.8. The molecule has 0 radical (unpaired) electrons. The lowest BCUT2D eigenvalue weighted by atomic mass is 10.0. The number of benzene rings is 2. The second-order valence-corrected chi connectivity index (χ2v) is 14.2. The van der Waals surface area contributed by atoms with Crippen LogP contribution in [-0.4, -0.2) is 49.7 Å². The molecule has 0 aliphatic heterocycles. The van der Waals surface area contributed by atoms with Gasteiger partial charge in [-0.25, -0.2) is 15.0 Å². The Balaban J connectivity index is 1.73. The number of nitrogens with zero attached hydrogens (tertiary/aromatic N) is 5. The fourth-order valence-corrected chi connectivity index (χ4v) is 6.34. The summed E-state index contributed by atoms with van der Waals surface area (Å²) in [6.45, 7) is 15.2. The third-order valence-electron chi connectivity index (χ3n) is 10.2. The molecular formula is C43H63N5O4. The largest absolute Gasteiger partial charge is 0.507 e. The Hall–Kier alpha value is -4.14. The Morgan fingerprint density at radius 2 is 1.08 bits per heavy atom. The van der Waals surface area contributed by atoms with Crippen LogP contribution >= 0.6 is 0 Å². The first-order valence-electron chi connectivity index (χ1n) is 19.9. The maximum Gasteiger partial charge on any atom is 0.182 e. The minimum atomic E-state index is 0.0442. The SMILES string of the molecule is CCCCC(CC)COc1ccc(-c2nc(-c3ccc(OCC(CC)CCCC)cc3OCC(CC)CCCC)nc(-c3ccnn3C)n2)c(O)c1. The van der Waals surface area contributed by atoms with Crippen LogP contribution in [0.25, 0.3) is 34.3 Å². The Labute approximate surface area is 312 Å². The first kappa shape index (κ1) is 40.6. The van der Waals surface area contributed by atoms with Gasteiger partial charge < -0.3 is 19.3 Å². The molecule has 3 unspecified atom stereocenters. The van der Waals surface area contributed by atoms with Crippen LogP contribution in [0.3, 0.4) is 0 Å². The zero-order chi connectivity index (χ0) is 37.3. The summed E-state index contributed by atoms with van der Waals surface area (Å²) in [7, 11) is 1.86. The lowest BCUT2D eigenvalue weighted by molar-refractivity contribution is 0.223. The van der Waals surface area contributed by atoms with E-state index in [2.05, 4.69) is 46.6 Å². The maximum atomic E-state index is 11.3. The molecule has 0 spiro atoms. The summed E-state index contributed by atoms with van der Waals surface area (Å²) in [5, 5.41) is 15.7. The van der Waals surface area contributed by atoms with Crippen LogP contribution in [0.5, 0.6) is 23.0 Å². The summed E-state index contributed by atoms with van der Waals surface area (Å²) in [5.41, 5.74) is 1.95. The number of unbranched alkanes of at least 4 members (excludes halogenated alkanes) is 3. The Morgan fingerprint density at radius 1 is 0.596 bits per heavy atom. The molecule has 1 N–H and O–H groups in total. The third kappa shape index (κ3) is 11.7. The van der Waals surface area contributed by atoms with Gasteiger partial charge in [-0.15, -0.1) is 0 Å². The standard InChI is InChI=1S/C43H63N5O4/c1-8-14-17-31(11-4)28-50-34-20-22-36(39(49)26-34)41-45-42(47-43(46-41)38-24-25-44-48(38)7)37-23-21-35(51-29-32(12-5)18-15-9-2)27-40(37)52-30-33(13-6)19-16-10-3/h20-27,31-33,49H,8-19,28-30H2,1-7H3. The van der Waals surface area contributed by atoms with E-state index in [1.165, 1.54) is 32.1 Å². The van der Waals surface area contributed by atoms with E-state index in [1.807, 2.05) is 43.4 Å². The molecule has 0 saturated heterocycles. The first-order valence-corrected chi connectivity index (χ1v) is 19.9. The summed E-state index contributed by atoms with van der Waals surface area (Å²) < 4.78 is 20.9. The maximum absolute atomic E-state index is 11.3. The predicted octanol–water partition coefficient (Wildman–Crippen LogP) is 11.1. The van der Waals surface area contributed by atoms with Crippen molar-refractivity contribution in [3.63, 3.8) is 0 Å². The molecule has 284 valence electrons. The highest BCUT2D eigenvalue weighted by Gasteiger charge is 2.21. The molecule has 0 fully saturated rings. The highest BCUT2D eigenvalue weighted by Crippen LogP contribution is 2.37. The second-order valence-electron chi connectivity index (χ2n) is 14.2. The lowest BCUT2D eigenvalue weighted by Gasteiger charge is -2.20. The Morgan fingerprint density at radius 3 is 1.56 bits per heavy atom. The molecular weight excluding hydrogens is 651 g/mol. The minimum Gasteiger partial charge on any atom is -0.507 e. The molecule has 52 heavy (non-hydrogen) atoms. The van der Waals surface area contributed by atoms with Crippen molar-refractivity contribution in [3.8, 4) is 57.3 Å².